The van der Waals surface area contributed by atoms with Crippen LogP contribution in [-0.4, -0.2) is 69.6 Å². The third-order valence-corrected chi connectivity index (χ3v) is 0. The first-order chi connectivity index (χ1) is 2.00. The molecule has 8 heavy (non-hydrogen) atoms. The van der Waals surface area contributed by atoms with E-state index in [0.717, 1.165) is 0 Å². The van der Waals surface area contributed by atoms with Gasteiger partial charge < -0.3 is 33.7 Å². The second kappa shape index (κ2) is 8.81. The maximum Gasteiger partial charge on any atom is 0 e. The molecule has 8 heteroatoms. The zero-order chi connectivity index (χ0) is 4.50. The van der Waals surface area contributed by atoms with Crippen molar-refractivity contribution >= 4 is 64.1 Å². The van der Waals surface area contributed by atoms with E-state index in [1.807, 2.05) is 0 Å². The first kappa shape index (κ1) is 22.6. The van der Waals surface area contributed by atoms with Crippen molar-refractivity contribution in [3.05, 3.63) is 0 Å². The zero-order valence-corrected chi connectivity index (χ0v) is 8.28. The second-order valence-corrected chi connectivity index (χ2v) is 1.50. The van der Waals surface area contributed by atoms with E-state index in [1.54, 1.807) is 0 Å². The van der Waals surface area contributed by atoms with Crippen LogP contribution in [0, 0.1) is 0 Å². The predicted molar refractivity (Wildman–Crippen MR) is 20.9 cm³/mol. The summed E-state index contributed by atoms with van der Waals surface area (Å²) in [7, 11) is -5.61. The third kappa shape index (κ3) is 111. The molecule has 0 saturated heterocycles. The van der Waals surface area contributed by atoms with Gasteiger partial charge in [-0.25, -0.2) is 0 Å². The Kier molecular flexibility index (Phi) is 24.8. The van der Waals surface area contributed by atoms with Crippen LogP contribution in [-0.2, 0) is 0 Å². The van der Waals surface area contributed by atoms with Crippen LogP contribution >= 0.6 is 0 Å². The molecule has 0 atom stereocenters. The van der Waals surface area contributed by atoms with Gasteiger partial charge >= 0.3 is 0 Å². The molecule has 2 N–H and O–H groups in total. The van der Waals surface area contributed by atoms with Crippen LogP contribution < -0.4 is 19.2 Å². The molecule has 0 aromatic rings. The molecule has 0 aromatic heterocycles. The van der Waals surface area contributed by atoms with Crippen molar-refractivity contribution in [3.8, 4) is 0 Å². The SMILES string of the molecule is O.[Al].[Ca].[O-][Si]([O-])([O-])[O-]. The quantitative estimate of drug-likeness (QED) is 0.341. The van der Waals surface area contributed by atoms with Gasteiger partial charge in [-0.2, -0.15) is 0 Å². The minimum absolute atomic E-state index is 0. The van der Waals surface area contributed by atoms with E-state index in [0.29, 0.717) is 0 Å². The number of hydrogen-bond donors (Lipinski definition) is 0. The van der Waals surface area contributed by atoms with E-state index in [2.05, 4.69) is 0 Å². The Labute approximate surface area is 87.9 Å². The standard InChI is InChI=1S/Al.Ca.O4Si.H2O/c;;1-5(2,3)4;/h;;;1H2/q;;-4;. The maximum atomic E-state index is 8.58. The van der Waals surface area contributed by atoms with Crippen molar-refractivity contribution in [2.75, 3.05) is 0 Å². The molecule has 0 aliphatic heterocycles. The molecule has 0 aromatic carbocycles. The molecule has 0 bridgehead atoms. The summed E-state index contributed by atoms with van der Waals surface area (Å²) in [6.45, 7) is 0. The molecule has 0 saturated carbocycles. The van der Waals surface area contributed by atoms with Gasteiger partial charge in [0, 0.05) is 55.1 Å². The Morgan fingerprint density at radius 2 is 0.875 bits per heavy atom. The van der Waals surface area contributed by atoms with Gasteiger partial charge in [-0.15, -0.1) is 0 Å². The Hall–Kier alpha value is 1.81. The van der Waals surface area contributed by atoms with Crippen molar-refractivity contribution in [1.82, 2.24) is 0 Å². The molecule has 0 aliphatic rings. The Morgan fingerprint density at radius 1 is 0.875 bits per heavy atom. The summed E-state index contributed by atoms with van der Waals surface area (Å²) in [4.78, 5) is 34.3. The molecule has 0 heterocycles. The molecule has 0 amide bonds. The first-order valence-electron chi connectivity index (χ1n) is 0.816. The fraction of sp³-hybridized carbons (Fsp3) is 0. The van der Waals surface area contributed by atoms with Gasteiger partial charge in [0.2, 0.25) is 0 Å². The average Bonchev–Trinajstić information content (AvgIpc) is 0.722. The van der Waals surface area contributed by atoms with Crippen LogP contribution in [0.3, 0.4) is 0 Å². The molecule has 45 valence electrons. The van der Waals surface area contributed by atoms with Gasteiger partial charge in [0.25, 0.3) is 0 Å². The van der Waals surface area contributed by atoms with Gasteiger partial charge in [-0.3, -0.25) is 0 Å². The van der Waals surface area contributed by atoms with Crippen LogP contribution in [0.1, 0.15) is 0 Å². The second-order valence-electron chi connectivity index (χ2n) is 0.500. The van der Waals surface area contributed by atoms with Crippen molar-refractivity contribution in [3.63, 3.8) is 0 Å². The zero-order valence-electron chi connectivity index (χ0n) is 3.92. The van der Waals surface area contributed by atoms with Crippen LogP contribution in [0.25, 0.3) is 0 Å². The molecule has 0 rings (SSSR count). The molecular formula is H2AlCaO5Si-4. The Morgan fingerprint density at radius 3 is 0.875 bits per heavy atom. The Balaban J connectivity index is -0.0000000267. The summed E-state index contributed by atoms with van der Waals surface area (Å²) >= 11 is 0. The van der Waals surface area contributed by atoms with E-state index >= 15 is 0 Å². The fourth-order valence-electron chi connectivity index (χ4n) is 0. The van der Waals surface area contributed by atoms with Gasteiger partial charge in [0.1, 0.15) is 0 Å². The van der Waals surface area contributed by atoms with E-state index in [4.69, 9.17) is 19.2 Å². The summed E-state index contributed by atoms with van der Waals surface area (Å²) in [6, 6.07) is 0. The van der Waals surface area contributed by atoms with E-state index < -0.39 is 9.05 Å². The van der Waals surface area contributed by atoms with E-state index in [1.165, 1.54) is 0 Å². The minimum Gasteiger partial charge on any atom is -0.894 e. The van der Waals surface area contributed by atoms with Crippen molar-refractivity contribution in [2.24, 2.45) is 0 Å². The van der Waals surface area contributed by atoms with Gasteiger partial charge in [0.15, 0.2) is 0 Å². The van der Waals surface area contributed by atoms with Gasteiger partial charge in [-0.1, -0.05) is 0 Å². The summed E-state index contributed by atoms with van der Waals surface area (Å²) in [5.41, 5.74) is 0. The van der Waals surface area contributed by atoms with Crippen LogP contribution in [0.5, 0.6) is 0 Å². The summed E-state index contributed by atoms with van der Waals surface area (Å²) in [5.74, 6) is 0. The van der Waals surface area contributed by atoms with Crippen molar-refractivity contribution in [1.29, 1.82) is 0 Å². The predicted octanol–water partition coefficient (Wildman–Crippen LogP) is -6.72. The molecule has 0 unspecified atom stereocenters. The van der Waals surface area contributed by atoms with Crippen LogP contribution in [0.4, 0.5) is 0 Å². The molecule has 5 nitrogen and oxygen atoms in total. The molecule has 0 aliphatic carbocycles. The monoisotopic (exact) mass is 177 g/mol. The minimum atomic E-state index is -5.61. The summed E-state index contributed by atoms with van der Waals surface area (Å²) in [5, 5.41) is 0. The summed E-state index contributed by atoms with van der Waals surface area (Å²) < 4.78 is 0. The normalized spacial score (nSPS) is 7.50. The number of rotatable bonds is 0. The maximum absolute atomic E-state index is 8.58. The van der Waals surface area contributed by atoms with Crippen LogP contribution in [0.2, 0.25) is 0 Å². The van der Waals surface area contributed by atoms with Crippen molar-refractivity contribution in [2.45, 2.75) is 0 Å². The topological polar surface area (TPSA) is 124 Å². The molecule has 5 radical (unpaired) electrons. The summed E-state index contributed by atoms with van der Waals surface area (Å²) in [6.07, 6.45) is 0. The van der Waals surface area contributed by atoms with Crippen molar-refractivity contribution < 1.29 is 24.7 Å². The van der Waals surface area contributed by atoms with Gasteiger partial charge in [-0.05, 0) is 0 Å². The molecule has 0 spiro atoms. The van der Waals surface area contributed by atoms with E-state index in [-0.39, 0.29) is 60.6 Å². The van der Waals surface area contributed by atoms with E-state index in [9.17, 15) is 0 Å². The average molecular weight is 177 g/mol. The number of hydrogen-bond acceptors (Lipinski definition) is 4. The van der Waals surface area contributed by atoms with Gasteiger partial charge in [0.05, 0.1) is 0 Å². The largest absolute Gasteiger partial charge is 0.894 e. The third-order valence-electron chi connectivity index (χ3n) is 0. The van der Waals surface area contributed by atoms with Crippen LogP contribution in [0.15, 0.2) is 0 Å². The first-order valence-corrected chi connectivity index (χ1v) is 2.45. The molecular weight excluding hydrogens is 175 g/mol. The Bertz CT molecular complexity index is 27.9. The smallest absolute Gasteiger partial charge is 0 e. The molecule has 0 fully saturated rings. The fourth-order valence-corrected chi connectivity index (χ4v) is 0.